The number of nitrogens with zero attached hydrogens (tertiary/aromatic N) is 4. The number of rotatable bonds is 0. The quantitative estimate of drug-likeness (QED) is 0.548. The number of amidine groups is 1. The molecule has 2 aliphatic rings. The molecule has 0 atom stereocenters. The van der Waals surface area contributed by atoms with Gasteiger partial charge in [0.25, 0.3) is 5.91 Å². The van der Waals surface area contributed by atoms with Crippen molar-refractivity contribution in [2.75, 3.05) is 0 Å². The molecule has 0 aromatic rings. The molecule has 2 aliphatic heterocycles. The van der Waals surface area contributed by atoms with Gasteiger partial charge in [0.1, 0.15) is 0 Å². The number of aliphatic imine (C=N–C) groups is 2. The predicted molar refractivity (Wildman–Crippen MR) is 38.7 cm³/mol. The summed E-state index contributed by atoms with van der Waals surface area (Å²) in [6.45, 7) is 0. The van der Waals surface area contributed by atoms with Gasteiger partial charge < -0.3 is 0 Å². The Labute approximate surface area is 70.5 Å². The lowest BCUT2D eigenvalue weighted by Gasteiger charge is -2.10. The molecule has 0 aliphatic carbocycles. The number of azo groups is 1. The number of hydrogen-bond donors (Lipinski definition) is 1. The summed E-state index contributed by atoms with van der Waals surface area (Å²) in [6.07, 6.45) is 0. The molecule has 0 bridgehead atoms. The van der Waals surface area contributed by atoms with Crippen LogP contribution in [0.3, 0.4) is 0 Å². The molecular formula is C5HN5O3. The molecule has 0 saturated carbocycles. The molecule has 64 valence electrons. The molecule has 1 N–H and O–H groups in total. The van der Waals surface area contributed by atoms with Crippen molar-refractivity contribution >= 4 is 29.5 Å². The number of carbonyl (C=O) groups excluding carboxylic acids is 3. The topological polar surface area (TPSA) is 113 Å². The fourth-order valence-electron chi connectivity index (χ4n) is 0.814. The third-order valence-electron chi connectivity index (χ3n) is 1.29. The minimum absolute atomic E-state index is 0.228. The highest BCUT2D eigenvalue weighted by Gasteiger charge is 2.29. The maximum absolute atomic E-state index is 11.0. The van der Waals surface area contributed by atoms with Gasteiger partial charge in [-0.1, -0.05) is 5.11 Å². The summed E-state index contributed by atoms with van der Waals surface area (Å²) in [5.74, 6) is -1.02. The van der Waals surface area contributed by atoms with Crippen LogP contribution in [0.1, 0.15) is 0 Å². The van der Waals surface area contributed by atoms with Crippen LogP contribution in [0.15, 0.2) is 20.2 Å². The van der Waals surface area contributed by atoms with Gasteiger partial charge in [-0.3, -0.25) is 10.1 Å². The summed E-state index contributed by atoms with van der Waals surface area (Å²) in [6, 6.07) is -1.73. The Morgan fingerprint density at radius 1 is 1.00 bits per heavy atom. The van der Waals surface area contributed by atoms with E-state index in [1.54, 1.807) is 0 Å². The standard InChI is InChI=1S/C5HN5O3/c11-3-1-2(7-4(12)8-3)9-10-5(13)6-1/h(H,8,11,12). The van der Waals surface area contributed by atoms with Gasteiger partial charge in [-0.05, 0) is 0 Å². The van der Waals surface area contributed by atoms with Gasteiger partial charge in [0, 0.05) is 0 Å². The summed E-state index contributed by atoms with van der Waals surface area (Å²) in [7, 11) is 0. The Morgan fingerprint density at radius 3 is 2.54 bits per heavy atom. The molecule has 0 unspecified atom stereocenters. The van der Waals surface area contributed by atoms with Crippen LogP contribution < -0.4 is 5.32 Å². The fraction of sp³-hybridized carbons (Fsp3) is 0. The van der Waals surface area contributed by atoms with Gasteiger partial charge in [-0.2, -0.15) is 9.98 Å². The molecular weight excluding hydrogens is 178 g/mol. The Morgan fingerprint density at radius 2 is 1.77 bits per heavy atom. The van der Waals surface area contributed by atoms with E-state index in [0.717, 1.165) is 0 Å². The van der Waals surface area contributed by atoms with Crippen molar-refractivity contribution < 1.29 is 14.4 Å². The maximum atomic E-state index is 11.0. The average molecular weight is 179 g/mol. The first-order chi connectivity index (χ1) is 6.16. The van der Waals surface area contributed by atoms with Crippen LogP contribution in [0.25, 0.3) is 0 Å². The predicted octanol–water partition coefficient (Wildman–Crippen LogP) is -0.338. The van der Waals surface area contributed by atoms with Gasteiger partial charge in [0.05, 0.1) is 0 Å². The molecule has 2 heterocycles. The van der Waals surface area contributed by atoms with Crippen LogP contribution in [0, 0.1) is 0 Å². The Bertz CT molecular complexity index is 418. The Balaban J connectivity index is 2.53. The van der Waals surface area contributed by atoms with E-state index in [1.807, 2.05) is 5.32 Å². The van der Waals surface area contributed by atoms with Crippen molar-refractivity contribution in [1.82, 2.24) is 5.32 Å². The highest BCUT2D eigenvalue weighted by molar-refractivity contribution is 6.70. The zero-order chi connectivity index (χ0) is 9.42. The van der Waals surface area contributed by atoms with E-state index < -0.39 is 18.0 Å². The van der Waals surface area contributed by atoms with Crippen LogP contribution >= 0.6 is 0 Å². The van der Waals surface area contributed by atoms with E-state index in [-0.39, 0.29) is 11.5 Å². The number of amides is 5. The van der Waals surface area contributed by atoms with Gasteiger partial charge >= 0.3 is 12.1 Å². The van der Waals surface area contributed by atoms with Crippen LogP contribution in [-0.2, 0) is 4.79 Å². The first-order valence-electron chi connectivity index (χ1n) is 3.15. The molecule has 0 spiro atoms. The number of nitrogens with one attached hydrogen (secondary N) is 1. The summed E-state index contributed by atoms with van der Waals surface area (Å²) >= 11 is 0. The number of fused-ring (bicyclic) bond motifs is 1. The largest absolute Gasteiger partial charge is 0.386 e. The maximum Gasteiger partial charge on any atom is 0.386 e. The van der Waals surface area contributed by atoms with Crippen LogP contribution in [0.2, 0.25) is 0 Å². The van der Waals surface area contributed by atoms with E-state index >= 15 is 0 Å². The lowest BCUT2D eigenvalue weighted by Crippen LogP contribution is -2.44. The third kappa shape index (κ3) is 1.13. The average Bonchev–Trinajstić information content (AvgIpc) is 2.06. The first kappa shape index (κ1) is 7.40. The van der Waals surface area contributed by atoms with Gasteiger partial charge in [0.15, 0.2) is 5.71 Å². The normalized spacial score (nSPS) is 20.5. The first-order valence-corrected chi connectivity index (χ1v) is 3.15. The number of hydrogen-bond acceptors (Lipinski definition) is 4. The lowest BCUT2D eigenvalue weighted by atomic mass is 10.3. The van der Waals surface area contributed by atoms with Crippen LogP contribution in [-0.4, -0.2) is 29.5 Å². The molecule has 0 fully saturated rings. The molecule has 0 radical (unpaired) electrons. The Kier molecular flexibility index (Phi) is 1.35. The molecule has 5 amide bonds. The van der Waals surface area contributed by atoms with Crippen LogP contribution in [0.4, 0.5) is 9.59 Å². The van der Waals surface area contributed by atoms with Crippen LogP contribution in [0.5, 0.6) is 0 Å². The number of urea groups is 2. The van der Waals surface area contributed by atoms with Crippen molar-refractivity contribution in [1.29, 1.82) is 0 Å². The summed E-state index contributed by atoms with van der Waals surface area (Å²) in [5.41, 5.74) is -0.278. The SMILES string of the molecule is O=C1N=NC2=NC(=O)NC(=O)C2=N1. The van der Waals surface area contributed by atoms with Crippen molar-refractivity contribution in [2.24, 2.45) is 20.2 Å². The second kappa shape index (κ2) is 2.37. The minimum Gasteiger partial charge on any atom is -0.271 e. The molecule has 8 nitrogen and oxygen atoms in total. The third-order valence-corrected chi connectivity index (χ3v) is 1.29. The lowest BCUT2D eigenvalue weighted by molar-refractivity contribution is -0.113. The molecule has 8 heteroatoms. The molecule has 0 aromatic heterocycles. The van der Waals surface area contributed by atoms with Crippen molar-refractivity contribution in [2.45, 2.75) is 0 Å². The van der Waals surface area contributed by atoms with Gasteiger partial charge in [0.2, 0.25) is 5.84 Å². The minimum atomic E-state index is -0.890. The monoisotopic (exact) mass is 179 g/mol. The molecule has 13 heavy (non-hydrogen) atoms. The van der Waals surface area contributed by atoms with E-state index in [2.05, 4.69) is 20.2 Å². The zero-order valence-corrected chi connectivity index (χ0v) is 6.01. The van der Waals surface area contributed by atoms with E-state index in [9.17, 15) is 14.4 Å². The number of carbonyl (C=O) groups is 3. The van der Waals surface area contributed by atoms with Crippen molar-refractivity contribution in [3.05, 3.63) is 0 Å². The summed E-state index contributed by atoms with van der Waals surface area (Å²) < 4.78 is 0. The highest BCUT2D eigenvalue weighted by atomic mass is 16.2. The molecule has 0 aromatic carbocycles. The molecule has 2 rings (SSSR count). The zero-order valence-electron chi connectivity index (χ0n) is 6.01. The van der Waals surface area contributed by atoms with E-state index in [4.69, 9.17) is 0 Å². The number of imide groups is 1. The van der Waals surface area contributed by atoms with Crippen molar-refractivity contribution in [3.63, 3.8) is 0 Å². The highest BCUT2D eigenvalue weighted by Crippen LogP contribution is 2.04. The van der Waals surface area contributed by atoms with Gasteiger partial charge in [-0.25, -0.2) is 9.59 Å². The fourth-order valence-corrected chi connectivity index (χ4v) is 0.814. The second-order valence-electron chi connectivity index (χ2n) is 2.14. The molecule has 0 saturated heterocycles. The second-order valence-corrected chi connectivity index (χ2v) is 2.14. The van der Waals surface area contributed by atoms with E-state index in [1.165, 1.54) is 0 Å². The smallest absolute Gasteiger partial charge is 0.271 e. The van der Waals surface area contributed by atoms with Gasteiger partial charge in [-0.15, -0.1) is 5.11 Å². The summed E-state index contributed by atoms with van der Waals surface area (Å²) in [5, 5.41) is 8.11. The summed E-state index contributed by atoms with van der Waals surface area (Å²) in [4.78, 5) is 38.7. The van der Waals surface area contributed by atoms with Crippen molar-refractivity contribution in [3.8, 4) is 0 Å². The Hall–Kier alpha value is -2.25. The van der Waals surface area contributed by atoms with E-state index in [0.29, 0.717) is 0 Å².